The molecule has 19 heavy (non-hydrogen) atoms. The zero-order chi connectivity index (χ0) is 13.8. The van der Waals surface area contributed by atoms with Gasteiger partial charge in [0.15, 0.2) is 0 Å². The van der Waals surface area contributed by atoms with Crippen LogP contribution in [0.15, 0.2) is 0 Å². The van der Waals surface area contributed by atoms with E-state index < -0.39 is 0 Å². The van der Waals surface area contributed by atoms with Crippen LogP contribution in [0.4, 0.5) is 0 Å². The Bertz CT molecular complexity index is 340. The number of nitrogens with zero attached hydrogens (tertiary/aromatic N) is 1. The third-order valence-electron chi connectivity index (χ3n) is 4.24. The predicted octanol–water partition coefficient (Wildman–Crippen LogP) is 0.929. The zero-order valence-electron chi connectivity index (χ0n) is 11.9. The molecule has 2 atom stereocenters. The molecule has 2 amide bonds. The maximum Gasteiger partial charge on any atom is 0.246 e. The van der Waals surface area contributed by atoms with Gasteiger partial charge in [-0.05, 0) is 25.7 Å². The molecule has 1 aliphatic carbocycles. The van der Waals surface area contributed by atoms with E-state index in [-0.39, 0.29) is 30.4 Å². The first-order chi connectivity index (χ1) is 9.13. The van der Waals surface area contributed by atoms with E-state index in [0.717, 1.165) is 25.7 Å². The summed E-state index contributed by atoms with van der Waals surface area (Å²) in [6, 6.07) is -0.365. The van der Waals surface area contributed by atoms with Crippen LogP contribution in [0.2, 0.25) is 0 Å². The molecule has 2 fully saturated rings. The Hall–Kier alpha value is -1.10. The number of hydrogen-bond acceptors (Lipinski definition) is 3. The van der Waals surface area contributed by atoms with Gasteiger partial charge >= 0.3 is 0 Å². The summed E-state index contributed by atoms with van der Waals surface area (Å²) in [5.74, 6) is 0.330. The van der Waals surface area contributed by atoms with E-state index >= 15 is 0 Å². The minimum atomic E-state index is -0.319. The first-order valence-electron chi connectivity index (χ1n) is 7.22. The Labute approximate surface area is 114 Å². The molecular weight excluding hydrogens is 244 g/mol. The van der Waals surface area contributed by atoms with E-state index in [0.29, 0.717) is 12.5 Å². The number of piperazine rings is 1. The molecule has 5 nitrogen and oxygen atoms in total. The molecule has 0 spiro atoms. The smallest absolute Gasteiger partial charge is 0.246 e. The molecular formula is C14H24N2O3. The van der Waals surface area contributed by atoms with Crippen molar-refractivity contribution in [1.82, 2.24) is 10.2 Å². The number of nitrogens with one attached hydrogen (secondary N) is 1. The summed E-state index contributed by atoms with van der Waals surface area (Å²) in [6.45, 7) is 2.56. The second-order valence-electron chi connectivity index (χ2n) is 5.71. The summed E-state index contributed by atoms with van der Waals surface area (Å²) < 4.78 is 5.10. The lowest BCUT2D eigenvalue weighted by molar-refractivity contribution is -0.149. The van der Waals surface area contributed by atoms with E-state index in [1.54, 1.807) is 12.0 Å². The highest BCUT2D eigenvalue weighted by Crippen LogP contribution is 2.28. The van der Waals surface area contributed by atoms with Crippen molar-refractivity contribution in [3.63, 3.8) is 0 Å². The average molecular weight is 268 g/mol. The first-order valence-corrected chi connectivity index (χ1v) is 7.22. The monoisotopic (exact) mass is 268 g/mol. The largest absolute Gasteiger partial charge is 0.383 e. The Morgan fingerprint density at radius 2 is 2.00 bits per heavy atom. The van der Waals surface area contributed by atoms with Gasteiger partial charge in [0.05, 0.1) is 19.2 Å². The topological polar surface area (TPSA) is 58.6 Å². The third kappa shape index (κ3) is 3.26. The molecule has 0 radical (unpaired) electrons. The second kappa shape index (κ2) is 6.37. The Morgan fingerprint density at radius 1 is 1.32 bits per heavy atom. The van der Waals surface area contributed by atoms with E-state index in [1.807, 2.05) is 6.92 Å². The van der Waals surface area contributed by atoms with Gasteiger partial charge in [-0.15, -0.1) is 0 Å². The van der Waals surface area contributed by atoms with Crippen LogP contribution in [0.25, 0.3) is 0 Å². The fourth-order valence-corrected chi connectivity index (χ4v) is 3.18. The van der Waals surface area contributed by atoms with Crippen LogP contribution in [0.1, 0.15) is 39.0 Å². The number of methoxy groups -OCH3 is 1. The molecule has 0 aromatic carbocycles. The number of ether oxygens (including phenoxy) is 1. The quantitative estimate of drug-likeness (QED) is 0.825. The molecule has 1 saturated carbocycles. The van der Waals surface area contributed by atoms with Crippen molar-refractivity contribution in [2.45, 2.75) is 51.1 Å². The van der Waals surface area contributed by atoms with Crippen molar-refractivity contribution >= 4 is 11.8 Å². The standard InChI is InChI=1S/C14H24N2O3/c1-10(9-19-2)16-8-12(17)15-13(14(16)18)11-6-4-3-5-7-11/h10-11,13H,3-9H2,1-2H3,(H,15,17). The first kappa shape index (κ1) is 14.3. The average Bonchev–Trinajstić information content (AvgIpc) is 2.42. The SMILES string of the molecule is COCC(C)N1CC(=O)NC(C2CCCCC2)C1=O. The highest BCUT2D eigenvalue weighted by molar-refractivity contribution is 5.95. The molecule has 2 unspecified atom stereocenters. The maximum atomic E-state index is 12.5. The van der Waals surface area contributed by atoms with E-state index in [4.69, 9.17) is 4.74 Å². The van der Waals surface area contributed by atoms with Gasteiger partial charge in [0.25, 0.3) is 0 Å². The number of carbonyl (C=O) groups excluding carboxylic acids is 2. The van der Waals surface area contributed by atoms with Gasteiger partial charge in [0.2, 0.25) is 11.8 Å². The lowest BCUT2D eigenvalue weighted by Crippen LogP contribution is -2.63. The van der Waals surface area contributed by atoms with Gasteiger partial charge in [-0.25, -0.2) is 0 Å². The molecule has 1 N–H and O–H groups in total. The van der Waals surface area contributed by atoms with Crippen LogP contribution in [0, 0.1) is 5.92 Å². The minimum absolute atomic E-state index is 0.0434. The second-order valence-corrected chi connectivity index (χ2v) is 5.71. The van der Waals surface area contributed by atoms with Crippen molar-refractivity contribution in [3.05, 3.63) is 0 Å². The van der Waals surface area contributed by atoms with Crippen molar-refractivity contribution in [2.75, 3.05) is 20.3 Å². The summed E-state index contributed by atoms with van der Waals surface area (Å²) in [4.78, 5) is 26.0. The van der Waals surface area contributed by atoms with Crippen LogP contribution < -0.4 is 5.32 Å². The summed E-state index contributed by atoms with van der Waals surface area (Å²) in [6.07, 6.45) is 5.66. The van der Waals surface area contributed by atoms with Gasteiger partial charge in [0.1, 0.15) is 6.04 Å². The Morgan fingerprint density at radius 3 is 2.63 bits per heavy atom. The zero-order valence-corrected chi connectivity index (χ0v) is 11.9. The fraction of sp³-hybridized carbons (Fsp3) is 0.857. The summed E-state index contributed by atoms with van der Waals surface area (Å²) in [5, 5.41) is 2.89. The highest BCUT2D eigenvalue weighted by Gasteiger charge is 2.39. The molecule has 1 saturated heterocycles. The van der Waals surface area contributed by atoms with Gasteiger partial charge < -0.3 is 15.0 Å². The molecule has 1 aliphatic heterocycles. The number of rotatable bonds is 4. The van der Waals surface area contributed by atoms with Crippen LogP contribution in [-0.2, 0) is 14.3 Å². The molecule has 5 heteroatoms. The molecule has 2 aliphatic rings. The summed E-state index contributed by atoms with van der Waals surface area (Å²) in [5.41, 5.74) is 0. The molecule has 0 bridgehead atoms. The highest BCUT2D eigenvalue weighted by atomic mass is 16.5. The lowest BCUT2D eigenvalue weighted by atomic mass is 9.82. The van der Waals surface area contributed by atoms with Gasteiger partial charge in [-0.2, -0.15) is 0 Å². The van der Waals surface area contributed by atoms with Crippen molar-refractivity contribution < 1.29 is 14.3 Å². The van der Waals surface area contributed by atoms with Crippen LogP contribution in [0.5, 0.6) is 0 Å². The minimum Gasteiger partial charge on any atom is -0.383 e. The lowest BCUT2D eigenvalue weighted by Gasteiger charge is -2.40. The van der Waals surface area contributed by atoms with Crippen molar-refractivity contribution in [2.24, 2.45) is 5.92 Å². The molecule has 108 valence electrons. The van der Waals surface area contributed by atoms with E-state index in [9.17, 15) is 9.59 Å². The van der Waals surface area contributed by atoms with Crippen molar-refractivity contribution in [3.8, 4) is 0 Å². The predicted molar refractivity (Wildman–Crippen MR) is 71.6 cm³/mol. The Balaban J connectivity index is 2.06. The fourth-order valence-electron chi connectivity index (χ4n) is 3.18. The normalized spacial score (nSPS) is 27.3. The van der Waals surface area contributed by atoms with Crippen molar-refractivity contribution in [1.29, 1.82) is 0 Å². The number of hydrogen-bond donors (Lipinski definition) is 1. The summed E-state index contributed by atoms with van der Waals surface area (Å²) >= 11 is 0. The van der Waals surface area contributed by atoms with E-state index in [2.05, 4.69) is 5.32 Å². The third-order valence-corrected chi connectivity index (χ3v) is 4.24. The number of amides is 2. The summed E-state index contributed by atoms with van der Waals surface area (Å²) in [7, 11) is 1.61. The van der Waals surface area contributed by atoms with Gasteiger partial charge in [0, 0.05) is 7.11 Å². The molecule has 0 aromatic rings. The van der Waals surface area contributed by atoms with E-state index in [1.165, 1.54) is 6.42 Å². The van der Waals surface area contributed by atoms with Crippen LogP contribution >= 0.6 is 0 Å². The van der Waals surface area contributed by atoms with Crippen LogP contribution in [-0.4, -0.2) is 49.1 Å². The molecule has 0 aromatic heterocycles. The number of carbonyl (C=O) groups is 2. The maximum absolute atomic E-state index is 12.5. The van der Waals surface area contributed by atoms with Gasteiger partial charge in [-0.3, -0.25) is 9.59 Å². The molecule has 1 heterocycles. The van der Waals surface area contributed by atoms with Gasteiger partial charge in [-0.1, -0.05) is 19.3 Å². The van der Waals surface area contributed by atoms with Crippen LogP contribution in [0.3, 0.4) is 0 Å². The Kier molecular flexibility index (Phi) is 4.80. The molecule has 2 rings (SSSR count).